The van der Waals surface area contributed by atoms with Gasteiger partial charge in [0.1, 0.15) is 15.1 Å². The number of halogens is 1. The summed E-state index contributed by atoms with van der Waals surface area (Å²) < 4.78 is 26.5. The molecule has 1 aromatic carbocycles. The fourth-order valence-electron chi connectivity index (χ4n) is 4.42. The number of rotatable bonds is 8. The van der Waals surface area contributed by atoms with Gasteiger partial charge < -0.3 is 0 Å². The van der Waals surface area contributed by atoms with Crippen LogP contribution >= 0.6 is 22.9 Å². The molecule has 1 atom stereocenters. The predicted molar refractivity (Wildman–Crippen MR) is 125 cm³/mol. The van der Waals surface area contributed by atoms with Crippen molar-refractivity contribution in [2.45, 2.75) is 67.4 Å². The molecule has 5 rings (SSSR count). The van der Waals surface area contributed by atoms with E-state index in [4.69, 9.17) is 11.6 Å². The summed E-state index contributed by atoms with van der Waals surface area (Å²) in [6.45, 7) is 0. The van der Waals surface area contributed by atoms with Gasteiger partial charge in [-0.3, -0.25) is 9.59 Å². The molecular formula is C24H24ClNO4S2. The quantitative estimate of drug-likeness (QED) is 0.477. The lowest BCUT2D eigenvalue weighted by Gasteiger charge is -2.15. The highest BCUT2D eigenvalue weighted by molar-refractivity contribution is 7.92. The maximum absolute atomic E-state index is 13.3. The minimum atomic E-state index is -3.31. The summed E-state index contributed by atoms with van der Waals surface area (Å²) in [5.41, 5.74) is 2.12. The molecule has 0 saturated heterocycles. The lowest BCUT2D eigenvalue weighted by Crippen LogP contribution is -2.12. The molecule has 5 nitrogen and oxygen atoms in total. The van der Waals surface area contributed by atoms with Crippen molar-refractivity contribution >= 4 is 49.9 Å². The Bertz CT molecular complexity index is 1220. The standard InChI is InChI=1S/C24H24ClNO4S2/c25-23-13-26-24(31-23)12-21(28)19(10-14-1-5-17(27)9-14)16-4-8-22(20(11-16)15-2-3-15)32(29,30)18-6-7-18/h4,8,10-11,13-15,18H,1-3,5-7,9,12H2/b19-10+/t14-/m0/s1. The molecule has 3 aliphatic carbocycles. The first-order chi connectivity index (χ1) is 15.3. The topological polar surface area (TPSA) is 81.2 Å². The van der Waals surface area contributed by atoms with E-state index in [-0.39, 0.29) is 35.1 Å². The van der Waals surface area contributed by atoms with Crippen LogP contribution in [0.4, 0.5) is 0 Å². The molecule has 32 heavy (non-hydrogen) atoms. The number of benzene rings is 1. The first-order valence-electron chi connectivity index (χ1n) is 11.1. The van der Waals surface area contributed by atoms with Crippen LogP contribution in [0.2, 0.25) is 4.34 Å². The lowest BCUT2D eigenvalue weighted by atomic mass is 9.92. The molecule has 0 radical (unpaired) electrons. The van der Waals surface area contributed by atoms with Crippen molar-refractivity contribution in [3.05, 3.63) is 50.9 Å². The molecule has 168 valence electrons. The number of carbonyl (C=O) groups excluding carboxylic acids is 2. The van der Waals surface area contributed by atoms with Crippen molar-refractivity contribution in [3.63, 3.8) is 0 Å². The number of hydrogen-bond donors (Lipinski definition) is 0. The summed E-state index contributed by atoms with van der Waals surface area (Å²) in [6.07, 6.45) is 8.71. The van der Waals surface area contributed by atoms with E-state index in [9.17, 15) is 18.0 Å². The average molecular weight is 490 g/mol. The Balaban J connectivity index is 1.53. The minimum absolute atomic E-state index is 0.0283. The molecule has 3 aliphatic rings. The van der Waals surface area contributed by atoms with E-state index in [1.165, 1.54) is 17.5 Å². The van der Waals surface area contributed by atoms with Gasteiger partial charge in [0.25, 0.3) is 0 Å². The van der Waals surface area contributed by atoms with Crippen LogP contribution in [0.1, 0.15) is 67.0 Å². The van der Waals surface area contributed by atoms with Gasteiger partial charge in [-0.1, -0.05) is 23.7 Å². The highest BCUT2D eigenvalue weighted by atomic mass is 35.5. The Morgan fingerprint density at radius 2 is 1.97 bits per heavy atom. The van der Waals surface area contributed by atoms with Gasteiger partial charge in [-0.15, -0.1) is 11.3 Å². The van der Waals surface area contributed by atoms with Gasteiger partial charge in [-0.25, -0.2) is 13.4 Å². The smallest absolute Gasteiger partial charge is 0.181 e. The van der Waals surface area contributed by atoms with Crippen molar-refractivity contribution in [2.24, 2.45) is 5.92 Å². The molecule has 0 unspecified atom stereocenters. The van der Waals surface area contributed by atoms with Gasteiger partial charge in [0.05, 0.1) is 22.8 Å². The summed E-state index contributed by atoms with van der Waals surface area (Å²) in [4.78, 5) is 29.8. The second-order valence-corrected chi connectivity index (χ2v) is 13.0. The van der Waals surface area contributed by atoms with Gasteiger partial charge in [0.2, 0.25) is 0 Å². The van der Waals surface area contributed by atoms with Crippen molar-refractivity contribution in [1.82, 2.24) is 4.98 Å². The van der Waals surface area contributed by atoms with Gasteiger partial charge in [-0.05, 0) is 67.2 Å². The van der Waals surface area contributed by atoms with Crippen LogP contribution in [0.15, 0.2) is 35.4 Å². The number of thiazole rings is 1. The molecule has 1 aromatic heterocycles. The van der Waals surface area contributed by atoms with E-state index in [1.54, 1.807) is 12.1 Å². The lowest BCUT2D eigenvalue weighted by molar-refractivity contribution is -0.117. The summed E-state index contributed by atoms with van der Waals surface area (Å²) in [6, 6.07) is 5.36. The molecule has 3 fully saturated rings. The van der Waals surface area contributed by atoms with E-state index in [0.717, 1.165) is 43.2 Å². The van der Waals surface area contributed by atoms with Crippen LogP contribution in [0.5, 0.6) is 0 Å². The predicted octanol–water partition coefficient (Wildman–Crippen LogP) is 5.17. The normalized spacial score (nSPS) is 21.8. The van der Waals surface area contributed by atoms with Gasteiger partial charge in [-0.2, -0.15) is 0 Å². The number of Topliss-reactive ketones (excluding diaryl/α,β-unsaturated/α-hetero) is 2. The number of carbonyl (C=O) groups is 2. The monoisotopic (exact) mass is 489 g/mol. The first-order valence-corrected chi connectivity index (χ1v) is 13.8. The third-order valence-corrected chi connectivity index (χ3v) is 9.88. The Morgan fingerprint density at radius 1 is 1.19 bits per heavy atom. The molecule has 8 heteroatoms. The fraction of sp³-hybridized carbons (Fsp3) is 0.458. The van der Waals surface area contributed by atoms with Crippen molar-refractivity contribution < 1.29 is 18.0 Å². The summed E-state index contributed by atoms with van der Waals surface area (Å²) in [7, 11) is -3.31. The highest BCUT2D eigenvalue weighted by Gasteiger charge is 2.40. The maximum atomic E-state index is 13.3. The number of ketones is 2. The van der Waals surface area contributed by atoms with E-state index >= 15 is 0 Å². The maximum Gasteiger partial charge on any atom is 0.181 e. The Hall–Kier alpha value is -1.83. The van der Waals surface area contributed by atoms with Crippen LogP contribution in [0, 0.1) is 5.92 Å². The van der Waals surface area contributed by atoms with Crippen LogP contribution < -0.4 is 0 Å². The Labute approximate surface area is 196 Å². The molecule has 0 spiro atoms. The molecule has 0 aliphatic heterocycles. The summed E-state index contributed by atoms with van der Waals surface area (Å²) in [5.74, 6) is 0.394. The molecule has 3 saturated carbocycles. The number of allylic oxidation sites excluding steroid dienone is 2. The highest BCUT2D eigenvalue weighted by Crippen LogP contribution is 2.46. The zero-order chi connectivity index (χ0) is 22.5. The van der Waals surface area contributed by atoms with Crippen molar-refractivity contribution in [2.75, 3.05) is 0 Å². The summed E-state index contributed by atoms with van der Waals surface area (Å²) in [5, 5.41) is 0.380. The third kappa shape index (κ3) is 4.61. The van der Waals surface area contributed by atoms with E-state index in [0.29, 0.717) is 32.7 Å². The zero-order valence-electron chi connectivity index (χ0n) is 17.6. The molecule has 0 bridgehead atoms. The van der Waals surface area contributed by atoms with Gasteiger partial charge in [0.15, 0.2) is 15.6 Å². The zero-order valence-corrected chi connectivity index (χ0v) is 19.9. The third-order valence-electron chi connectivity index (χ3n) is 6.43. The van der Waals surface area contributed by atoms with Crippen LogP contribution in [0.3, 0.4) is 0 Å². The van der Waals surface area contributed by atoms with E-state index < -0.39 is 9.84 Å². The van der Waals surface area contributed by atoms with Crippen LogP contribution in [-0.2, 0) is 25.8 Å². The number of nitrogens with zero attached hydrogens (tertiary/aromatic N) is 1. The number of sulfone groups is 1. The largest absolute Gasteiger partial charge is 0.300 e. The molecule has 2 aromatic rings. The second kappa shape index (κ2) is 8.50. The molecule has 0 amide bonds. The molecular weight excluding hydrogens is 466 g/mol. The molecule has 0 N–H and O–H groups in total. The van der Waals surface area contributed by atoms with E-state index in [1.807, 2.05) is 12.1 Å². The number of hydrogen-bond acceptors (Lipinski definition) is 6. The Kier molecular flexibility index (Phi) is 5.84. The summed E-state index contributed by atoms with van der Waals surface area (Å²) >= 11 is 7.26. The van der Waals surface area contributed by atoms with Gasteiger partial charge in [0, 0.05) is 18.4 Å². The van der Waals surface area contributed by atoms with Crippen LogP contribution in [-0.4, -0.2) is 30.2 Å². The first kappa shape index (κ1) is 22.0. The Morgan fingerprint density at radius 3 is 2.56 bits per heavy atom. The van der Waals surface area contributed by atoms with E-state index in [2.05, 4.69) is 4.98 Å². The van der Waals surface area contributed by atoms with Crippen LogP contribution in [0.25, 0.3) is 5.57 Å². The molecule has 1 heterocycles. The van der Waals surface area contributed by atoms with Crippen molar-refractivity contribution in [3.8, 4) is 0 Å². The fourth-order valence-corrected chi connectivity index (χ4v) is 7.30. The average Bonchev–Trinajstić information content (AvgIpc) is 3.68. The number of aromatic nitrogens is 1. The second-order valence-electron chi connectivity index (χ2n) is 9.05. The SMILES string of the molecule is O=C1CC[C@H](/C=C(/C(=O)Cc2ncc(Cl)s2)c2ccc(S(=O)(=O)C3CC3)c(C3CC3)c2)C1. The van der Waals surface area contributed by atoms with Crippen molar-refractivity contribution in [1.29, 1.82) is 0 Å². The minimum Gasteiger partial charge on any atom is -0.300 e. The van der Waals surface area contributed by atoms with Gasteiger partial charge >= 0.3 is 0 Å².